The molecule has 1 rings (SSSR count). The number of hydrogen-bond donors (Lipinski definition) is 2. The summed E-state index contributed by atoms with van der Waals surface area (Å²) in [4.78, 5) is 11.2. The second-order valence-corrected chi connectivity index (χ2v) is 3.52. The minimum Gasteiger partial charge on any atom is -0.465 e. The summed E-state index contributed by atoms with van der Waals surface area (Å²) in [6.45, 7) is 1.58. The van der Waals surface area contributed by atoms with Gasteiger partial charge in [0.05, 0.1) is 6.61 Å². The maximum Gasteiger partial charge on any atom is 0.325 e. The largest absolute Gasteiger partial charge is 0.465 e. The summed E-state index contributed by atoms with van der Waals surface area (Å²) < 4.78 is 43.1. The van der Waals surface area contributed by atoms with Crippen LogP contribution in [0.3, 0.4) is 0 Å². The zero-order valence-electron chi connectivity index (χ0n) is 9.49. The predicted octanol–water partition coefficient (Wildman–Crippen LogP) is 1.03. The number of hydrogen-bond acceptors (Lipinski definition) is 4. The Bertz CT molecular complexity index is 430. The van der Waals surface area contributed by atoms with Crippen LogP contribution in [-0.2, 0) is 9.53 Å². The lowest BCUT2D eigenvalue weighted by Crippen LogP contribution is -2.38. The van der Waals surface area contributed by atoms with Gasteiger partial charge in [-0.2, -0.15) is 0 Å². The van der Waals surface area contributed by atoms with Crippen LogP contribution in [0.25, 0.3) is 0 Å². The van der Waals surface area contributed by atoms with E-state index in [9.17, 15) is 23.1 Å². The standard InChI is InChI=1S/C11H12F3NO3/c1-2-18-11(17)9(15)10(16)5-3-6(12)8(14)7(13)4-5/h3-4,9-10,16H,2,15H2,1H3. The van der Waals surface area contributed by atoms with E-state index in [0.717, 1.165) is 0 Å². The van der Waals surface area contributed by atoms with E-state index in [-0.39, 0.29) is 12.2 Å². The molecular formula is C11H12F3NO3. The number of rotatable bonds is 4. The molecule has 0 heterocycles. The molecule has 7 heteroatoms. The molecular weight excluding hydrogens is 251 g/mol. The molecule has 100 valence electrons. The van der Waals surface area contributed by atoms with Gasteiger partial charge in [0.25, 0.3) is 0 Å². The predicted molar refractivity (Wildman–Crippen MR) is 55.9 cm³/mol. The van der Waals surface area contributed by atoms with Crippen LogP contribution >= 0.6 is 0 Å². The van der Waals surface area contributed by atoms with E-state index >= 15 is 0 Å². The Kier molecular flexibility index (Phi) is 4.69. The summed E-state index contributed by atoms with van der Waals surface area (Å²) in [7, 11) is 0. The van der Waals surface area contributed by atoms with E-state index in [2.05, 4.69) is 4.74 Å². The first-order valence-electron chi connectivity index (χ1n) is 5.13. The van der Waals surface area contributed by atoms with Crippen LogP contribution in [0.4, 0.5) is 13.2 Å². The zero-order valence-corrected chi connectivity index (χ0v) is 9.49. The summed E-state index contributed by atoms with van der Waals surface area (Å²) in [6, 6.07) is -0.362. The normalized spacial score (nSPS) is 14.1. The van der Waals surface area contributed by atoms with E-state index in [1.807, 2.05) is 0 Å². The molecule has 0 saturated carbocycles. The molecule has 1 aromatic carbocycles. The number of aliphatic hydroxyl groups excluding tert-OH is 1. The highest BCUT2D eigenvalue weighted by Gasteiger charge is 2.27. The zero-order chi connectivity index (χ0) is 13.9. The van der Waals surface area contributed by atoms with E-state index in [1.54, 1.807) is 0 Å². The van der Waals surface area contributed by atoms with Crippen LogP contribution in [0.15, 0.2) is 12.1 Å². The van der Waals surface area contributed by atoms with Crippen molar-refractivity contribution >= 4 is 5.97 Å². The summed E-state index contributed by atoms with van der Waals surface area (Å²) in [6.07, 6.45) is -1.69. The first kappa shape index (κ1) is 14.5. The molecule has 3 N–H and O–H groups in total. The Balaban J connectivity index is 2.97. The quantitative estimate of drug-likeness (QED) is 0.628. The number of carbonyl (C=O) groups excluding carboxylic acids is 1. The Labute approximate surface area is 101 Å². The maximum absolute atomic E-state index is 12.9. The number of benzene rings is 1. The molecule has 0 saturated heterocycles. The first-order chi connectivity index (χ1) is 8.38. The fourth-order valence-corrected chi connectivity index (χ4v) is 1.32. The number of halogens is 3. The van der Waals surface area contributed by atoms with Crippen molar-refractivity contribution in [1.29, 1.82) is 0 Å². The van der Waals surface area contributed by atoms with Crippen molar-refractivity contribution in [3.63, 3.8) is 0 Å². The van der Waals surface area contributed by atoms with Gasteiger partial charge in [0.1, 0.15) is 12.1 Å². The number of ether oxygens (including phenoxy) is 1. The fraction of sp³-hybridized carbons (Fsp3) is 0.364. The smallest absolute Gasteiger partial charge is 0.325 e. The van der Waals surface area contributed by atoms with Crippen LogP contribution in [0, 0.1) is 17.5 Å². The van der Waals surface area contributed by atoms with Crippen LogP contribution < -0.4 is 5.73 Å². The molecule has 0 radical (unpaired) electrons. The van der Waals surface area contributed by atoms with Gasteiger partial charge >= 0.3 is 5.97 Å². The van der Waals surface area contributed by atoms with Crippen molar-refractivity contribution in [2.45, 2.75) is 19.1 Å². The van der Waals surface area contributed by atoms with Crippen molar-refractivity contribution in [3.8, 4) is 0 Å². The summed E-state index contributed by atoms with van der Waals surface area (Å²) in [5, 5.41) is 9.64. The first-order valence-corrected chi connectivity index (χ1v) is 5.13. The van der Waals surface area contributed by atoms with E-state index in [1.165, 1.54) is 6.92 Å². The van der Waals surface area contributed by atoms with Crippen LogP contribution in [0.5, 0.6) is 0 Å². The van der Waals surface area contributed by atoms with Crippen LogP contribution in [0.1, 0.15) is 18.6 Å². The lowest BCUT2D eigenvalue weighted by atomic mass is 10.0. The summed E-state index contributed by atoms with van der Waals surface area (Å²) >= 11 is 0. The molecule has 4 nitrogen and oxygen atoms in total. The van der Waals surface area contributed by atoms with E-state index < -0.39 is 35.6 Å². The Morgan fingerprint density at radius 1 is 1.39 bits per heavy atom. The molecule has 0 aliphatic carbocycles. The van der Waals surface area contributed by atoms with Gasteiger partial charge in [-0.05, 0) is 24.6 Å². The van der Waals surface area contributed by atoms with Gasteiger partial charge in [-0.25, -0.2) is 13.2 Å². The van der Waals surface area contributed by atoms with Crippen molar-refractivity contribution in [2.24, 2.45) is 5.73 Å². The molecule has 1 aromatic rings. The molecule has 2 atom stereocenters. The van der Waals surface area contributed by atoms with Gasteiger partial charge in [-0.1, -0.05) is 0 Å². The minimum absolute atomic E-state index is 0.0470. The SMILES string of the molecule is CCOC(=O)C(N)C(O)c1cc(F)c(F)c(F)c1. The average Bonchev–Trinajstić information content (AvgIpc) is 2.33. The lowest BCUT2D eigenvalue weighted by molar-refractivity contribution is -0.147. The maximum atomic E-state index is 12.9. The van der Waals surface area contributed by atoms with Gasteiger partial charge < -0.3 is 15.6 Å². The van der Waals surface area contributed by atoms with Gasteiger partial charge in [-0.3, -0.25) is 4.79 Å². The third kappa shape index (κ3) is 2.99. The Morgan fingerprint density at radius 3 is 2.33 bits per heavy atom. The third-order valence-corrected chi connectivity index (χ3v) is 2.25. The molecule has 0 aliphatic heterocycles. The van der Waals surface area contributed by atoms with Gasteiger partial charge in [-0.15, -0.1) is 0 Å². The second-order valence-electron chi connectivity index (χ2n) is 3.52. The molecule has 0 spiro atoms. The molecule has 0 bridgehead atoms. The molecule has 0 aromatic heterocycles. The van der Waals surface area contributed by atoms with Crippen molar-refractivity contribution in [2.75, 3.05) is 6.61 Å². The van der Waals surface area contributed by atoms with Crippen molar-refractivity contribution in [1.82, 2.24) is 0 Å². The van der Waals surface area contributed by atoms with Crippen molar-refractivity contribution < 1.29 is 27.8 Å². The number of aliphatic hydroxyl groups is 1. The van der Waals surface area contributed by atoms with Crippen LogP contribution in [0.2, 0.25) is 0 Å². The highest BCUT2D eigenvalue weighted by molar-refractivity contribution is 5.76. The average molecular weight is 263 g/mol. The molecule has 2 unspecified atom stereocenters. The lowest BCUT2D eigenvalue weighted by Gasteiger charge is -2.17. The van der Waals surface area contributed by atoms with Gasteiger partial charge in [0, 0.05) is 0 Å². The monoisotopic (exact) mass is 263 g/mol. The van der Waals surface area contributed by atoms with Crippen molar-refractivity contribution in [3.05, 3.63) is 35.1 Å². The minimum atomic E-state index is -1.69. The molecule has 0 amide bonds. The second kappa shape index (κ2) is 5.83. The molecule has 18 heavy (non-hydrogen) atoms. The molecule has 0 aliphatic rings. The Morgan fingerprint density at radius 2 is 1.89 bits per heavy atom. The highest BCUT2D eigenvalue weighted by atomic mass is 19.2. The fourth-order valence-electron chi connectivity index (χ4n) is 1.32. The third-order valence-electron chi connectivity index (χ3n) is 2.25. The number of nitrogens with two attached hydrogens (primary N) is 1. The number of carbonyl (C=O) groups is 1. The number of esters is 1. The van der Waals surface area contributed by atoms with E-state index in [0.29, 0.717) is 12.1 Å². The Hall–Kier alpha value is -1.60. The highest BCUT2D eigenvalue weighted by Crippen LogP contribution is 2.21. The topological polar surface area (TPSA) is 72.5 Å². The van der Waals surface area contributed by atoms with E-state index in [4.69, 9.17) is 5.73 Å². The summed E-state index contributed by atoms with van der Waals surface area (Å²) in [5.74, 6) is -5.52. The van der Waals surface area contributed by atoms with Gasteiger partial charge in [0.15, 0.2) is 17.5 Å². The summed E-state index contributed by atoms with van der Waals surface area (Å²) in [5.41, 5.74) is 5.01. The van der Waals surface area contributed by atoms with Crippen LogP contribution in [-0.4, -0.2) is 23.7 Å². The molecule has 0 fully saturated rings. The van der Waals surface area contributed by atoms with Gasteiger partial charge in [0.2, 0.25) is 0 Å².